The number of aliphatic hydroxyl groups excluding tert-OH is 1. The molecule has 0 fully saturated rings. The van der Waals surface area contributed by atoms with Crippen LogP contribution in [0.1, 0.15) is 19.0 Å². The molecule has 6 heteroatoms. The molecule has 0 aromatic carbocycles. The summed E-state index contributed by atoms with van der Waals surface area (Å²) in [6.07, 6.45) is -3.28. The van der Waals surface area contributed by atoms with Crippen molar-refractivity contribution in [1.82, 2.24) is 9.78 Å². The highest BCUT2D eigenvalue weighted by Gasteiger charge is 2.33. The molecule has 1 N–H and O–H groups in total. The Morgan fingerprint density at radius 1 is 1.57 bits per heavy atom. The Morgan fingerprint density at radius 2 is 2.21 bits per heavy atom. The molecule has 0 saturated carbocycles. The Kier molecular flexibility index (Phi) is 3.15. The van der Waals surface area contributed by atoms with Crippen molar-refractivity contribution >= 4 is 0 Å². The van der Waals surface area contributed by atoms with E-state index in [4.69, 9.17) is 5.11 Å². The molecule has 0 amide bonds. The van der Waals surface area contributed by atoms with Gasteiger partial charge in [0.25, 0.3) is 0 Å². The third-order valence-electron chi connectivity index (χ3n) is 1.71. The first kappa shape index (κ1) is 11.0. The van der Waals surface area contributed by atoms with Gasteiger partial charge in [-0.1, -0.05) is 0 Å². The standard InChI is InChI=1S/C8H11F3N2O/c1-6(14)2-4-13-5-3-7(12-13)8(9,10)11/h3,5-6,14H,2,4H2,1H3. The first-order chi connectivity index (χ1) is 6.39. The summed E-state index contributed by atoms with van der Waals surface area (Å²) >= 11 is 0. The van der Waals surface area contributed by atoms with E-state index in [9.17, 15) is 13.2 Å². The van der Waals surface area contributed by atoms with Gasteiger partial charge >= 0.3 is 6.18 Å². The first-order valence-electron chi connectivity index (χ1n) is 4.18. The minimum absolute atomic E-state index is 0.285. The van der Waals surface area contributed by atoms with Gasteiger partial charge in [-0.3, -0.25) is 4.68 Å². The molecular weight excluding hydrogens is 197 g/mol. The van der Waals surface area contributed by atoms with Gasteiger partial charge in [-0.15, -0.1) is 0 Å². The van der Waals surface area contributed by atoms with E-state index in [0.29, 0.717) is 6.42 Å². The fourth-order valence-electron chi connectivity index (χ4n) is 0.957. The second-order valence-electron chi connectivity index (χ2n) is 3.10. The van der Waals surface area contributed by atoms with Crippen molar-refractivity contribution in [2.45, 2.75) is 32.2 Å². The van der Waals surface area contributed by atoms with E-state index in [1.807, 2.05) is 0 Å². The zero-order valence-corrected chi connectivity index (χ0v) is 7.62. The number of aliphatic hydroxyl groups is 1. The number of halogens is 3. The smallest absolute Gasteiger partial charge is 0.393 e. The molecule has 0 saturated heterocycles. The number of alkyl halides is 3. The van der Waals surface area contributed by atoms with E-state index >= 15 is 0 Å². The van der Waals surface area contributed by atoms with Crippen molar-refractivity contribution in [2.24, 2.45) is 0 Å². The van der Waals surface area contributed by atoms with Crippen LogP contribution in [0, 0.1) is 0 Å². The maximum Gasteiger partial charge on any atom is 0.435 e. The number of rotatable bonds is 3. The summed E-state index contributed by atoms with van der Waals surface area (Å²) in [7, 11) is 0. The van der Waals surface area contributed by atoms with Gasteiger partial charge in [0.2, 0.25) is 0 Å². The first-order valence-corrected chi connectivity index (χ1v) is 4.18. The highest BCUT2D eigenvalue weighted by molar-refractivity contribution is 5.03. The van der Waals surface area contributed by atoms with E-state index in [2.05, 4.69) is 5.10 Å². The molecule has 0 bridgehead atoms. The highest BCUT2D eigenvalue weighted by atomic mass is 19.4. The molecule has 0 aliphatic carbocycles. The minimum atomic E-state index is -4.39. The largest absolute Gasteiger partial charge is 0.435 e. The maximum absolute atomic E-state index is 12.1. The summed E-state index contributed by atoms with van der Waals surface area (Å²) < 4.78 is 37.4. The monoisotopic (exact) mass is 208 g/mol. The third kappa shape index (κ3) is 3.02. The van der Waals surface area contributed by atoms with Crippen molar-refractivity contribution in [3.05, 3.63) is 18.0 Å². The predicted octanol–water partition coefficient (Wildman–Crippen LogP) is 1.67. The fraction of sp³-hybridized carbons (Fsp3) is 0.625. The van der Waals surface area contributed by atoms with E-state index < -0.39 is 18.0 Å². The Hall–Kier alpha value is -1.04. The molecule has 1 rings (SSSR count). The van der Waals surface area contributed by atoms with E-state index in [1.54, 1.807) is 6.92 Å². The average molecular weight is 208 g/mol. The van der Waals surface area contributed by atoms with Crippen molar-refractivity contribution in [2.75, 3.05) is 0 Å². The Bertz CT molecular complexity index is 293. The Labute approximate surface area is 79.2 Å². The normalized spacial score (nSPS) is 14.4. The summed E-state index contributed by atoms with van der Waals surface area (Å²) in [4.78, 5) is 0. The lowest BCUT2D eigenvalue weighted by molar-refractivity contribution is -0.141. The van der Waals surface area contributed by atoms with E-state index in [-0.39, 0.29) is 6.54 Å². The number of hydrogen-bond acceptors (Lipinski definition) is 2. The zero-order valence-electron chi connectivity index (χ0n) is 7.62. The molecule has 1 heterocycles. The molecule has 0 aliphatic rings. The van der Waals surface area contributed by atoms with Gasteiger partial charge in [-0.2, -0.15) is 18.3 Å². The van der Waals surface area contributed by atoms with Gasteiger partial charge < -0.3 is 5.11 Å². The minimum Gasteiger partial charge on any atom is -0.393 e. The summed E-state index contributed by atoms with van der Waals surface area (Å²) in [6.45, 7) is 1.86. The van der Waals surface area contributed by atoms with Gasteiger partial charge in [0, 0.05) is 12.7 Å². The molecule has 0 radical (unpaired) electrons. The molecular formula is C8H11F3N2O. The van der Waals surface area contributed by atoms with Crippen LogP contribution in [0.4, 0.5) is 13.2 Å². The summed E-state index contributed by atoms with van der Waals surface area (Å²) in [5, 5.41) is 12.3. The number of aryl methyl sites for hydroxylation is 1. The van der Waals surface area contributed by atoms with Crippen molar-refractivity contribution in [3.8, 4) is 0 Å². The van der Waals surface area contributed by atoms with Crippen LogP contribution in [0.25, 0.3) is 0 Å². The van der Waals surface area contributed by atoms with Crippen LogP contribution in [0.15, 0.2) is 12.3 Å². The van der Waals surface area contributed by atoms with Crippen LogP contribution >= 0.6 is 0 Å². The Balaban J connectivity index is 2.60. The van der Waals surface area contributed by atoms with Crippen molar-refractivity contribution in [3.63, 3.8) is 0 Å². The summed E-state index contributed by atoms with van der Waals surface area (Å²) in [5.74, 6) is 0. The van der Waals surface area contributed by atoms with Gasteiger partial charge in [0.15, 0.2) is 5.69 Å². The van der Waals surface area contributed by atoms with Crippen LogP contribution in [0.5, 0.6) is 0 Å². The van der Waals surface area contributed by atoms with Crippen LogP contribution in [-0.2, 0) is 12.7 Å². The van der Waals surface area contributed by atoms with Gasteiger partial charge in [-0.25, -0.2) is 0 Å². The Morgan fingerprint density at radius 3 is 2.64 bits per heavy atom. The lowest BCUT2D eigenvalue weighted by Crippen LogP contribution is -2.10. The number of nitrogens with zero attached hydrogens (tertiary/aromatic N) is 2. The second-order valence-corrected chi connectivity index (χ2v) is 3.10. The molecule has 3 nitrogen and oxygen atoms in total. The van der Waals surface area contributed by atoms with Crippen LogP contribution in [0.3, 0.4) is 0 Å². The fourth-order valence-corrected chi connectivity index (χ4v) is 0.957. The van der Waals surface area contributed by atoms with Gasteiger partial charge in [0.1, 0.15) is 0 Å². The third-order valence-corrected chi connectivity index (χ3v) is 1.71. The van der Waals surface area contributed by atoms with Crippen molar-refractivity contribution in [1.29, 1.82) is 0 Å². The molecule has 1 aromatic heterocycles. The average Bonchev–Trinajstić information content (AvgIpc) is 2.47. The molecule has 0 aliphatic heterocycles. The quantitative estimate of drug-likeness (QED) is 0.820. The van der Waals surface area contributed by atoms with E-state index in [0.717, 1.165) is 6.07 Å². The van der Waals surface area contributed by atoms with Crippen molar-refractivity contribution < 1.29 is 18.3 Å². The van der Waals surface area contributed by atoms with E-state index in [1.165, 1.54) is 10.9 Å². The highest BCUT2D eigenvalue weighted by Crippen LogP contribution is 2.27. The lowest BCUT2D eigenvalue weighted by Gasteiger charge is -2.04. The zero-order chi connectivity index (χ0) is 10.8. The van der Waals surface area contributed by atoms with Crippen LogP contribution in [0.2, 0.25) is 0 Å². The number of aromatic nitrogens is 2. The SMILES string of the molecule is CC(O)CCn1ccc(C(F)(F)F)n1. The van der Waals surface area contributed by atoms with Crippen LogP contribution < -0.4 is 0 Å². The summed E-state index contributed by atoms with van der Waals surface area (Å²) in [5.41, 5.74) is -0.900. The molecule has 80 valence electrons. The second kappa shape index (κ2) is 4.00. The molecule has 1 aromatic rings. The summed E-state index contributed by atoms with van der Waals surface area (Å²) in [6, 6.07) is 0.919. The molecule has 0 spiro atoms. The maximum atomic E-state index is 12.1. The number of hydrogen-bond donors (Lipinski definition) is 1. The van der Waals surface area contributed by atoms with Gasteiger partial charge in [-0.05, 0) is 19.4 Å². The van der Waals surface area contributed by atoms with Crippen LogP contribution in [-0.4, -0.2) is 21.0 Å². The molecule has 14 heavy (non-hydrogen) atoms. The molecule has 1 atom stereocenters. The lowest BCUT2D eigenvalue weighted by atomic mass is 10.3. The predicted molar refractivity (Wildman–Crippen MR) is 43.5 cm³/mol. The molecule has 1 unspecified atom stereocenters. The van der Waals surface area contributed by atoms with Gasteiger partial charge in [0.05, 0.1) is 6.10 Å². The topological polar surface area (TPSA) is 38.0 Å².